The molecule has 0 aromatic heterocycles. The Morgan fingerprint density at radius 2 is 1.86 bits per heavy atom. The van der Waals surface area contributed by atoms with Gasteiger partial charge in [-0.2, -0.15) is 0 Å². The van der Waals surface area contributed by atoms with Crippen molar-refractivity contribution in [3.63, 3.8) is 0 Å². The van der Waals surface area contributed by atoms with Crippen molar-refractivity contribution in [1.82, 2.24) is 0 Å². The van der Waals surface area contributed by atoms with Gasteiger partial charge in [0.1, 0.15) is 0 Å². The molecule has 1 saturated heterocycles. The van der Waals surface area contributed by atoms with E-state index in [0.29, 0.717) is 0 Å². The number of nitrogens with two attached hydrogens (primary N) is 2. The second-order valence-corrected chi connectivity index (χ2v) is 4.82. The van der Waals surface area contributed by atoms with Crippen molar-refractivity contribution in [2.45, 2.75) is 62.6 Å². The Morgan fingerprint density at radius 1 is 1.07 bits per heavy atom. The van der Waals surface area contributed by atoms with Gasteiger partial charge < -0.3 is 16.2 Å². The number of rotatable bonds is 1. The van der Waals surface area contributed by atoms with Crippen LogP contribution in [-0.2, 0) is 4.74 Å². The van der Waals surface area contributed by atoms with E-state index in [4.69, 9.17) is 16.2 Å². The van der Waals surface area contributed by atoms with E-state index in [1.54, 1.807) is 0 Å². The molecule has 1 aliphatic carbocycles. The van der Waals surface area contributed by atoms with Crippen LogP contribution in [0.5, 0.6) is 0 Å². The van der Waals surface area contributed by atoms with Gasteiger partial charge in [0.2, 0.25) is 0 Å². The summed E-state index contributed by atoms with van der Waals surface area (Å²) in [5.74, 6) is 0. The lowest BCUT2D eigenvalue weighted by Crippen LogP contribution is -2.65. The second kappa shape index (κ2) is 4.17. The number of hydrogen-bond acceptors (Lipinski definition) is 3. The van der Waals surface area contributed by atoms with E-state index < -0.39 is 0 Å². The van der Waals surface area contributed by atoms with Crippen LogP contribution in [0.2, 0.25) is 0 Å². The maximum absolute atomic E-state index is 6.43. The molecule has 3 atom stereocenters. The van der Waals surface area contributed by atoms with Crippen molar-refractivity contribution < 1.29 is 4.74 Å². The number of hydrogen-bond donors (Lipinski definition) is 2. The quantitative estimate of drug-likeness (QED) is 0.664. The predicted molar refractivity (Wildman–Crippen MR) is 57.0 cm³/mol. The van der Waals surface area contributed by atoms with E-state index in [1.165, 1.54) is 25.7 Å². The lowest BCUT2D eigenvalue weighted by atomic mass is 9.73. The van der Waals surface area contributed by atoms with Gasteiger partial charge in [-0.15, -0.1) is 0 Å². The first-order valence-electron chi connectivity index (χ1n) is 5.89. The van der Waals surface area contributed by atoms with Crippen molar-refractivity contribution in [2.24, 2.45) is 11.5 Å². The molecule has 0 spiro atoms. The van der Waals surface area contributed by atoms with E-state index in [0.717, 1.165) is 25.9 Å². The summed E-state index contributed by atoms with van der Waals surface area (Å²) in [6, 6.07) is 0.138. The highest BCUT2D eigenvalue weighted by atomic mass is 16.5. The lowest BCUT2D eigenvalue weighted by molar-refractivity contribution is -0.0499. The van der Waals surface area contributed by atoms with Gasteiger partial charge in [-0.3, -0.25) is 0 Å². The third-order valence-corrected chi connectivity index (χ3v) is 3.84. The second-order valence-electron chi connectivity index (χ2n) is 4.82. The Morgan fingerprint density at radius 3 is 2.50 bits per heavy atom. The fourth-order valence-corrected chi connectivity index (χ4v) is 2.81. The molecule has 2 aliphatic rings. The molecular formula is C11H22N2O. The molecule has 0 bridgehead atoms. The Hall–Kier alpha value is -0.120. The molecule has 0 radical (unpaired) electrons. The van der Waals surface area contributed by atoms with E-state index >= 15 is 0 Å². The fraction of sp³-hybridized carbons (Fsp3) is 1.00. The minimum absolute atomic E-state index is 0.138. The highest BCUT2D eigenvalue weighted by Gasteiger charge is 2.43. The first-order chi connectivity index (χ1) is 6.73. The molecule has 4 N–H and O–H groups in total. The average Bonchev–Trinajstić information content (AvgIpc) is 2.24. The molecule has 82 valence electrons. The van der Waals surface area contributed by atoms with Crippen molar-refractivity contribution in [1.29, 1.82) is 0 Å². The molecule has 2 unspecified atom stereocenters. The third-order valence-electron chi connectivity index (χ3n) is 3.84. The molecule has 3 nitrogen and oxygen atoms in total. The van der Waals surface area contributed by atoms with Crippen molar-refractivity contribution >= 4 is 0 Å². The van der Waals surface area contributed by atoms with Gasteiger partial charge in [-0.05, 0) is 32.1 Å². The average molecular weight is 198 g/mol. The highest BCUT2D eigenvalue weighted by Crippen LogP contribution is 2.33. The van der Waals surface area contributed by atoms with Crippen molar-refractivity contribution in [3.8, 4) is 0 Å². The Labute approximate surface area is 86.2 Å². The molecule has 2 fully saturated rings. The summed E-state index contributed by atoms with van der Waals surface area (Å²) in [5, 5.41) is 0. The van der Waals surface area contributed by atoms with Crippen LogP contribution in [0.4, 0.5) is 0 Å². The van der Waals surface area contributed by atoms with Crippen molar-refractivity contribution in [2.75, 3.05) is 6.61 Å². The summed E-state index contributed by atoms with van der Waals surface area (Å²) in [6.07, 6.45) is 8.29. The SMILES string of the molecule is NC1CCCCC1(N)[C@H]1CCCCO1. The molecule has 1 saturated carbocycles. The maximum atomic E-state index is 6.43. The van der Waals surface area contributed by atoms with E-state index in [2.05, 4.69) is 0 Å². The molecule has 14 heavy (non-hydrogen) atoms. The summed E-state index contributed by atoms with van der Waals surface area (Å²) in [4.78, 5) is 0. The van der Waals surface area contributed by atoms with Crippen LogP contribution in [0.1, 0.15) is 44.9 Å². The molecule has 1 aliphatic heterocycles. The zero-order valence-electron chi connectivity index (χ0n) is 8.87. The first kappa shape index (κ1) is 10.4. The Bertz CT molecular complexity index is 192. The smallest absolute Gasteiger partial charge is 0.0769 e. The van der Waals surface area contributed by atoms with E-state index in [1.807, 2.05) is 0 Å². The molecule has 3 heteroatoms. The summed E-state index contributed by atoms with van der Waals surface area (Å²) in [6.45, 7) is 0.871. The summed E-state index contributed by atoms with van der Waals surface area (Å²) in [7, 11) is 0. The van der Waals surface area contributed by atoms with Crippen LogP contribution >= 0.6 is 0 Å². The molecule has 0 amide bonds. The molecule has 2 rings (SSSR count). The van der Waals surface area contributed by atoms with Gasteiger partial charge in [0.05, 0.1) is 11.6 Å². The summed E-state index contributed by atoms with van der Waals surface area (Å²) in [5.41, 5.74) is 12.3. The Kier molecular flexibility index (Phi) is 3.10. The molecule has 0 aromatic rings. The van der Waals surface area contributed by atoms with Gasteiger partial charge in [-0.1, -0.05) is 12.8 Å². The van der Waals surface area contributed by atoms with Gasteiger partial charge in [0.15, 0.2) is 0 Å². The predicted octanol–water partition coefficient (Wildman–Crippen LogP) is 1.15. The zero-order valence-corrected chi connectivity index (χ0v) is 8.87. The normalized spacial score (nSPS) is 45.0. The topological polar surface area (TPSA) is 61.3 Å². The first-order valence-corrected chi connectivity index (χ1v) is 5.89. The maximum Gasteiger partial charge on any atom is 0.0769 e. The van der Waals surface area contributed by atoms with Crippen LogP contribution in [0.15, 0.2) is 0 Å². The van der Waals surface area contributed by atoms with Crippen molar-refractivity contribution in [3.05, 3.63) is 0 Å². The highest BCUT2D eigenvalue weighted by molar-refractivity contribution is 5.03. The lowest BCUT2D eigenvalue weighted by Gasteiger charge is -2.46. The van der Waals surface area contributed by atoms with Gasteiger partial charge in [0.25, 0.3) is 0 Å². The summed E-state index contributed by atoms with van der Waals surface area (Å²) < 4.78 is 5.79. The minimum atomic E-state index is -0.237. The van der Waals surface area contributed by atoms with Gasteiger partial charge in [0, 0.05) is 12.6 Å². The monoisotopic (exact) mass is 198 g/mol. The third kappa shape index (κ3) is 1.81. The van der Waals surface area contributed by atoms with Gasteiger partial charge >= 0.3 is 0 Å². The number of ether oxygens (including phenoxy) is 1. The molecule has 1 heterocycles. The standard InChI is InChI=1S/C11H22N2O/c12-9-5-1-3-7-11(9,13)10-6-2-4-8-14-10/h9-10H,1-8,12-13H2/t9?,10-,11?/m1/s1. The Balaban J connectivity index is 2.03. The van der Waals surface area contributed by atoms with Crippen LogP contribution < -0.4 is 11.5 Å². The van der Waals surface area contributed by atoms with Crippen LogP contribution in [-0.4, -0.2) is 24.3 Å². The van der Waals surface area contributed by atoms with Crippen LogP contribution in [0.25, 0.3) is 0 Å². The fourth-order valence-electron chi connectivity index (χ4n) is 2.81. The summed E-state index contributed by atoms with van der Waals surface area (Å²) >= 11 is 0. The zero-order chi connectivity index (χ0) is 10.0. The van der Waals surface area contributed by atoms with E-state index in [-0.39, 0.29) is 17.7 Å². The minimum Gasteiger partial charge on any atom is -0.376 e. The van der Waals surface area contributed by atoms with Crippen LogP contribution in [0.3, 0.4) is 0 Å². The molecular weight excluding hydrogens is 176 g/mol. The molecule has 0 aromatic carbocycles. The largest absolute Gasteiger partial charge is 0.376 e. The van der Waals surface area contributed by atoms with Crippen LogP contribution in [0, 0.1) is 0 Å². The van der Waals surface area contributed by atoms with E-state index in [9.17, 15) is 0 Å². The van der Waals surface area contributed by atoms with Gasteiger partial charge in [-0.25, -0.2) is 0 Å².